The summed E-state index contributed by atoms with van der Waals surface area (Å²) in [5.74, 6) is -0.960. The Kier molecular flexibility index (Phi) is 2.97. The summed E-state index contributed by atoms with van der Waals surface area (Å²) in [6, 6.07) is 5.16. The van der Waals surface area contributed by atoms with Crippen LogP contribution in [-0.4, -0.2) is 34.0 Å². The fourth-order valence-corrected chi connectivity index (χ4v) is 1.86. The minimum atomic E-state index is -0.960. The Labute approximate surface area is 88.6 Å². The topological polar surface area (TPSA) is 53.4 Å². The lowest BCUT2D eigenvalue weighted by molar-refractivity contribution is 0.0690. The Bertz CT molecular complexity index is 359. The lowest BCUT2D eigenvalue weighted by Gasteiger charge is -2.13. The molecule has 1 saturated heterocycles. The van der Waals surface area contributed by atoms with Gasteiger partial charge in [-0.2, -0.15) is 0 Å². The molecular formula is C11H14N2O2. The molecule has 1 aromatic heterocycles. The van der Waals surface area contributed by atoms with Gasteiger partial charge in [-0.25, -0.2) is 9.78 Å². The van der Waals surface area contributed by atoms with Crippen molar-refractivity contribution in [1.82, 2.24) is 9.88 Å². The number of pyridine rings is 1. The van der Waals surface area contributed by atoms with Crippen LogP contribution in [0.5, 0.6) is 0 Å². The average Bonchev–Trinajstić information content (AvgIpc) is 2.71. The zero-order chi connectivity index (χ0) is 10.7. The fraction of sp³-hybridized carbons (Fsp3) is 0.455. The molecule has 80 valence electrons. The summed E-state index contributed by atoms with van der Waals surface area (Å²) in [5, 5.41) is 8.79. The van der Waals surface area contributed by atoms with Gasteiger partial charge in [0.05, 0.1) is 5.69 Å². The van der Waals surface area contributed by atoms with E-state index < -0.39 is 5.97 Å². The van der Waals surface area contributed by atoms with Crippen LogP contribution >= 0.6 is 0 Å². The second-order valence-electron chi connectivity index (χ2n) is 3.80. The Morgan fingerprint density at radius 3 is 2.80 bits per heavy atom. The van der Waals surface area contributed by atoms with E-state index in [1.165, 1.54) is 18.9 Å². The maximum absolute atomic E-state index is 10.7. The van der Waals surface area contributed by atoms with E-state index in [1.807, 2.05) is 6.07 Å². The van der Waals surface area contributed by atoms with Crippen LogP contribution in [0.15, 0.2) is 18.2 Å². The molecule has 2 rings (SSSR count). The quantitative estimate of drug-likeness (QED) is 0.811. The normalized spacial score (nSPS) is 16.8. The SMILES string of the molecule is O=C(O)c1cccc(CN2CCCC2)n1. The van der Waals surface area contributed by atoms with Crippen molar-refractivity contribution in [2.75, 3.05) is 13.1 Å². The molecule has 1 aliphatic heterocycles. The molecule has 0 amide bonds. The minimum Gasteiger partial charge on any atom is -0.477 e. The molecule has 1 N–H and O–H groups in total. The van der Waals surface area contributed by atoms with Crippen LogP contribution < -0.4 is 0 Å². The molecular weight excluding hydrogens is 192 g/mol. The van der Waals surface area contributed by atoms with Gasteiger partial charge in [-0.15, -0.1) is 0 Å². The molecule has 0 atom stereocenters. The maximum Gasteiger partial charge on any atom is 0.354 e. The maximum atomic E-state index is 10.7. The van der Waals surface area contributed by atoms with Gasteiger partial charge in [0.1, 0.15) is 5.69 Å². The molecule has 0 aromatic carbocycles. The average molecular weight is 206 g/mol. The molecule has 4 nitrogen and oxygen atoms in total. The van der Waals surface area contributed by atoms with E-state index in [1.54, 1.807) is 6.07 Å². The van der Waals surface area contributed by atoms with Gasteiger partial charge in [-0.05, 0) is 38.1 Å². The summed E-state index contributed by atoms with van der Waals surface area (Å²) in [7, 11) is 0. The Morgan fingerprint density at radius 2 is 2.13 bits per heavy atom. The van der Waals surface area contributed by atoms with Crippen molar-refractivity contribution in [3.63, 3.8) is 0 Å². The van der Waals surface area contributed by atoms with Crippen LogP contribution in [0.1, 0.15) is 29.0 Å². The van der Waals surface area contributed by atoms with Crippen molar-refractivity contribution in [3.05, 3.63) is 29.6 Å². The van der Waals surface area contributed by atoms with E-state index in [2.05, 4.69) is 9.88 Å². The van der Waals surface area contributed by atoms with E-state index in [-0.39, 0.29) is 5.69 Å². The van der Waals surface area contributed by atoms with Gasteiger partial charge in [0.15, 0.2) is 0 Å². The first-order valence-corrected chi connectivity index (χ1v) is 5.17. The third kappa shape index (κ3) is 2.53. The zero-order valence-corrected chi connectivity index (χ0v) is 8.52. The molecule has 0 aliphatic carbocycles. The van der Waals surface area contributed by atoms with E-state index in [9.17, 15) is 4.79 Å². The fourth-order valence-electron chi connectivity index (χ4n) is 1.86. The predicted molar refractivity (Wildman–Crippen MR) is 55.7 cm³/mol. The summed E-state index contributed by atoms with van der Waals surface area (Å²) in [6.07, 6.45) is 2.47. The van der Waals surface area contributed by atoms with E-state index in [0.29, 0.717) is 0 Å². The molecule has 15 heavy (non-hydrogen) atoms. The molecule has 1 aromatic rings. The van der Waals surface area contributed by atoms with Crippen molar-refractivity contribution in [2.24, 2.45) is 0 Å². The first-order valence-electron chi connectivity index (χ1n) is 5.17. The van der Waals surface area contributed by atoms with Gasteiger partial charge < -0.3 is 5.11 Å². The van der Waals surface area contributed by atoms with Crippen molar-refractivity contribution in [1.29, 1.82) is 0 Å². The molecule has 1 fully saturated rings. The van der Waals surface area contributed by atoms with Crippen molar-refractivity contribution in [2.45, 2.75) is 19.4 Å². The largest absolute Gasteiger partial charge is 0.477 e. The van der Waals surface area contributed by atoms with Crippen LogP contribution in [-0.2, 0) is 6.54 Å². The Balaban J connectivity index is 2.07. The molecule has 2 heterocycles. The van der Waals surface area contributed by atoms with Gasteiger partial charge >= 0.3 is 5.97 Å². The van der Waals surface area contributed by atoms with E-state index in [0.717, 1.165) is 25.3 Å². The molecule has 0 unspecified atom stereocenters. The highest BCUT2D eigenvalue weighted by Crippen LogP contribution is 2.11. The number of rotatable bonds is 3. The number of nitrogens with zero attached hydrogens (tertiary/aromatic N) is 2. The van der Waals surface area contributed by atoms with Gasteiger partial charge in [-0.1, -0.05) is 6.07 Å². The standard InChI is InChI=1S/C11H14N2O2/c14-11(15)10-5-3-4-9(12-10)8-13-6-1-2-7-13/h3-5H,1-2,6-8H2,(H,14,15). The number of aromatic nitrogens is 1. The van der Waals surface area contributed by atoms with Gasteiger partial charge in [-0.3, -0.25) is 4.90 Å². The van der Waals surface area contributed by atoms with E-state index >= 15 is 0 Å². The number of carbonyl (C=O) groups is 1. The van der Waals surface area contributed by atoms with Gasteiger partial charge in [0.25, 0.3) is 0 Å². The van der Waals surface area contributed by atoms with Gasteiger partial charge in [0, 0.05) is 6.54 Å². The smallest absolute Gasteiger partial charge is 0.354 e. The molecule has 4 heteroatoms. The van der Waals surface area contributed by atoms with Crippen LogP contribution in [0.3, 0.4) is 0 Å². The summed E-state index contributed by atoms with van der Waals surface area (Å²) in [6.45, 7) is 2.96. The highest BCUT2D eigenvalue weighted by atomic mass is 16.4. The molecule has 0 saturated carbocycles. The molecule has 0 spiro atoms. The lowest BCUT2D eigenvalue weighted by atomic mass is 10.3. The van der Waals surface area contributed by atoms with Crippen molar-refractivity contribution in [3.8, 4) is 0 Å². The summed E-state index contributed by atoms with van der Waals surface area (Å²) in [5.41, 5.74) is 0.975. The first-order chi connectivity index (χ1) is 7.25. The molecule has 0 bridgehead atoms. The molecule has 1 aliphatic rings. The van der Waals surface area contributed by atoms with Crippen molar-refractivity contribution >= 4 is 5.97 Å². The number of carboxylic acid groups (broad SMARTS) is 1. The number of likely N-dealkylation sites (tertiary alicyclic amines) is 1. The summed E-state index contributed by atoms with van der Waals surface area (Å²) in [4.78, 5) is 17.1. The van der Waals surface area contributed by atoms with Crippen LogP contribution in [0.4, 0.5) is 0 Å². The minimum absolute atomic E-state index is 0.131. The highest BCUT2D eigenvalue weighted by Gasteiger charge is 2.13. The Morgan fingerprint density at radius 1 is 1.40 bits per heavy atom. The third-order valence-corrected chi connectivity index (χ3v) is 2.61. The van der Waals surface area contributed by atoms with Crippen LogP contribution in [0, 0.1) is 0 Å². The summed E-state index contributed by atoms with van der Waals surface area (Å²) < 4.78 is 0. The van der Waals surface area contributed by atoms with Crippen LogP contribution in [0.2, 0.25) is 0 Å². The number of aromatic carboxylic acids is 1. The third-order valence-electron chi connectivity index (χ3n) is 2.61. The molecule has 0 radical (unpaired) electrons. The second kappa shape index (κ2) is 4.40. The van der Waals surface area contributed by atoms with Crippen molar-refractivity contribution < 1.29 is 9.90 Å². The zero-order valence-electron chi connectivity index (χ0n) is 8.52. The first kappa shape index (κ1) is 10.1. The monoisotopic (exact) mass is 206 g/mol. The van der Waals surface area contributed by atoms with Gasteiger partial charge in [0.2, 0.25) is 0 Å². The predicted octanol–water partition coefficient (Wildman–Crippen LogP) is 1.38. The highest BCUT2D eigenvalue weighted by molar-refractivity contribution is 5.85. The summed E-state index contributed by atoms with van der Waals surface area (Å²) >= 11 is 0. The number of hydrogen-bond donors (Lipinski definition) is 1. The second-order valence-corrected chi connectivity index (χ2v) is 3.80. The van der Waals surface area contributed by atoms with Crippen LogP contribution in [0.25, 0.3) is 0 Å². The number of hydrogen-bond acceptors (Lipinski definition) is 3. The lowest BCUT2D eigenvalue weighted by Crippen LogP contribution is -2.19. The van der Waals surface area contributed by atoms with E-state index in [4.69, 9.17) is 5.11 Å². The number of carboxylic acids is 1. The Hall–Kier alpha value is -1.42.